The average molecular weight is 299 g/mol. The number of thiophene rings is 1. The van der Waals surface area contributed by atoms with Gasteiger partial charge in [0.05, 0.1) is 17.1 Å². The maximum absolute atomic E-state index is 4.54. The Balaban J connectivity index is 1.99. The Morgan fingerprint density at radius 3 is 2.81 bits per heavy atom. The molecule has 0 aliphatic carbocycles. The Labute approximate surface area is 127 Å². The van der Waals surface area contributed by atoms with Crippen molar-refractivity contribution >= 4 is 33.3 Å². The lowest BCUT2D eigenvalue weighted by Crippen LogP contribution is -2.10. The van der Waals surface area contributed by atoms with Gasteiger partial charge in [0, 0.05) is 18.1 Å². The van der Waals surface area contributed by atoms with Crippen LogP contribution in [-0.2, 0) is 0 Å². The number of nitrogens with one attached hydrogen (secondary N) is 2. The number of rotatable bonds is 4. The maximum Gasteiger partial charge on any atom is 0.225 e. The molecule has 0 spiro atoms. The molecule has 0 aromatic carbocycles. The number of fused-ring (bicyclic) bond motifs is 1. The summed E-state index contributed by atoms with van der Waals surface area (Å²) in [5, 5.41) is 7.51. The molecule has 1 atom stereocenters. The van der Waals surface area contributed by atoms with Gasteiger partial charge in [-0.3, -0.25) is 4.98 Å². The van der Waals surface area contributed by atoms with E-state index in [-0.39, 0.29) is 6.04 Å². The van der Waals surface area contributed by atoms with Crippen LogP contribution in [0.15, 0.2) is 30.5 Å². The summed E-state index contributed by atoms with van der Waals surface area (Å²) in [7, 11) is 1.83. The molecule has 0 bridgehead atoms. The minimum atomic E-state index is 0.0780. The summed E-state index contributed by atoms with van der Waals surface area (Å²) in [4.78, 5) is 15.6. The van der Waals surface area contributed by atoms with Crippen LogP contribution in [0.3, 0.4) is 0 Å². The Morgan fingerprint density at radius 2 is 2.10 bits per heavy atom. The van der Waals surface area contributed by atoms with Crippen LogP contribution in [-0.4, -0.2) is 22.0 Å². The van der Waals surface area contributed by atoms with Gasteiger partial charge in [-0.25, -0.2) is 4.98 Å². The van der Waals surface area contributed by atoms with E-state index in [1.807, 2.05) is 25.2 Å². The monoisotopic (exact) mass is 299 g/mol. The molecular formula is C15H17N5S. The highest BCUT2D eigenvalue weighted by molar-refractivity contribution is 7.18. The number of hydrogen-bond acceptors (Lipinski definition) is 6. The SMILES string of the molecule is CNc1nc(NC(C)c2ccccn2)c2cc(C)sc2n1. The van der Waals surface area contributed by atoms with Crippen molar-refractivity contribution in [2.45, 2.75) is 19.9 Å². The highest BCUT2D eigenvalue weighted by Crippen LogP contribution is 2.31. The predicted molar refractivity (Wildman–Crippen MR) is 88.0 cm³/mol. The highest BCUT2D eigenvalue weighted by Gasteiger charge is 2.13. The molecule has 0 aliphatic heterocycles. The Morgan fingerprint density at radius 1 is 1.24 bits per heavy atom. The van der Waals surface area contributed by atoms with Crippen LogP contribution in [0.5, 0.6) is 0 Å². The van der Waals surface area contributed by atoms with Gasteiger partial charge in [-0.15, -0.1) is 11.3 Å². The summed E-state index contributed by atoms with van der Waals surface area (Å²) in [6.45, 7) is 4.16. The molecule has 0 amide bonds. The molecule has 3 aromatic rings. The van der Waals surface area contributed by atoms with Crippen LogP contribution < -0.4 is 10.6 Å². The Kier molecular flexibility index (Phi) is 3.70. The standard InChI is InChI=1S/C15H17N5S/c1-9-8-11-13(19-15(16-3)20-14(11)21-9)18-10(2)12-6-4-5-7-17-12/h4-8,10H,1-3H3,(H2,16,18,19,20). The summed E-state index contributed by atoms with van der Waals surface area (Å²) >= 11 is 1.67. The predicted octanol–water partition coefficient (Wildman–Crippen LogP) is 3.61. The molecule has 21 heavy (non-hydrogen) atoms. The largest absolute Gasteiger partial charge is 0.361 e. The van der Waals surface area contributed by atoms with Crippen LogP contribution in [0.2, 0.25) is 0 Å². The van der Waals surface area contributed by atoms with Gasteiger partial charge in [0.15, 0.2) is 0 Å². The number of nitrogens with zero attached hydrogens (tertiary/aromatic N) is 3. The van der Waals surface area contributed by atoms with Gasteiger partial charge in [-0.05, 0) is 32.0 Å². The van der Waals surface area contributed by atoms with Gasteiger partial charge in [0.2, 0.25) is 5.95 Å². The summed E-state index contributed by atoms with van der Waals surface area (Å²) < 4.78 is 0. The average Bonchev–Trinajstić information content (AvgIpc) is 2.88. The topological polar surface area (TPSA) is 62.7 Å². The van der Waals surface area contributed by atoms with Crippen LogP contribution in [0, 0.1) is 6.92 Å². The van der Waals surface area contributed by atoms with Gasteiger partial charge in [0.1, 0.15) is 10.6 Å². The zero-order valence-electron chi connectivity index (χ0n) is 12.2. The van der Waals surface area contributed by atoms with Gasteiger partial charge < -0.3 is 10.6 Å². The van der Waals surface area contributed by atoms with Crippen molar-refractivity contribution < 1.29 is 0 Å². The molecule has 108 valence electrons. The second-order valence-corrected chi connectivity index (χ2v) is 6.08. The smallest absolute Gasteiger partial charge is 0.225 e. The van der Waals surface area contributed by atoms with Crippen molar-refractivity contribution in [1.29, 1.82) is 0 Å². The second-order valence-electron chi connectivity index (χ2n) is 4.84. The van der Waals surface area contributed by atoms with Crippen molar-refractivity contribution in [1.82, 2.24) is 15.0 Å². The zero-order valence-corrected chi connectivity index (χ0v) is 13.0. The first kappa shape index (κ1) is 13.8. The molecule has 0 saturated heterocycles. The maximum atomic E-state index is 4.54. The molecule has 1 unspecified atom stereocenters. The van der Waals surface area contributed by atoms with E-state index in [2.05, 4.69) is 45.5 Å². The van der Waals surface area contributed by atoms with E-state index >= 15 is 0 Å². The van der Waals surface area contributed by atoms with Gasteiger partial charge >= 0.3 is 0 Å². The molecule has 3 aromatic heterocycles. The fraction of sp³-hybridized carbons (Fsp3) is 0.267. The first-order chi connectivity index (χ1) is 10.2. The lowest BCUT2D eigenvalue weighted by atomic mass is 10.2. The first-order valence-corrected chi connectivity index (χ1v) is 7.62. The first-order valence-electron chi connectivity index (χ1n) is 6.81. The lowest BCUT2D eigenvalue weighted by Gasteiger charge is -2.15. The molecule has 3 heterocycles. The van der Waals surface area contributed by atoms with E-state index in [0.717, 1.165) is 21.7 Å². The Bertz CT molecular complexity index is 753. The molecule has 3 rings (SSSR count). The summed E-state index contributed by atoms with van der Waals surface area (Å²) in [6, 6.07) is 8.11. The third-order valence-electron chi connectivity index (χ3n) is 3.22. The van der Waals surface area contributed by atoms with E-state index < -0.39 is 0 Å². The van der Waals surface area contributed by atoms with E-state index in [0.29, 0.717) is 5.95 Å². The van der Waals surface area contributed by atoms with Crippen molar-refractivity contribution in [2.24, 2.45) is 0 Å². The van der Waals surface area contributed by atoms with Crippen LogP contribution >= 0.6 is 11.3 Å². The highest BCUT2D eigenvalue weighted by atomic mass is 32.1. The lowest BCUT2D eigenvalue weighted by molar-refractivity contribution is 0.833. The quantitative estimate of drug-likeness (QED) is 0.770. The van der Waals surface area contributed by atoms with E-state index in [4.69, 9.17) is 0 Å². The minimum Gasteiger partial charge on any atom is -0.361 e. The molecular weight excluding hydrogens is 282 g/mol. The third-order valence-corrected chi connectivity index (χ3v) is 4.17. The third kappa shape index (κ3) is 2.80. The van der Waals surface area contributed by atoms with Gasteiger partial charge in [-0.2, -0.15) is 4.98 Å². The number of anilines is 2. The molecule has 6 heteroatoms. The van der Waals surface area contributed by atoms with Crippen molar-refractivity contribution in [3.63, 3.8) is 0 Å². The molecule has 0 aliphatic rings. The fourth-order valence-electron chi connectivity index (χ4n) is 2.17. The van der Waals surface area contributed by atoms with E-state index in [1.165, 1.54) is 4.88 Å². The Hall–Kier alpha value is -2.21. The van der Waals surface area contributed by atoms with Crippen molar-refractivity contribution in [3.05, 3.63) is 41.0 Å². The van der Waals surface area contributed by atoms with E-state index in [9.17, 15) is 0 Å². The normalized spacial score (nSPS) is 12.3. The minimum absolute atomic E-state index is 0.0780. The molecule has 0 radical (unpaired) electrons. The molecule has 5 nitrogen and oxygen atoms in total. The summed E-state index contributed by atoms with van der Waals surface area (Å²) in [5.41, 5.74) is 0.988. The van der Waals surface area contributed by atoms with Crippen LogP contribution in [0.4, 0.5) is 11.8 Å². The fourth-order valence-corrected chi connectivity index (χ4v) is 3.05. The van der Waals surface area contributed by atoms with Gasteiger partial charge in [0.25, 0.3) is 0 Å². The van der Waals surface area contributed by atoms with Crippen molar-refractivity contribution in [3.8, 4) is 0 Å². The number of pyridine rings is 1. The zero-order chi connectivity index (χ0) is 14.8. The molecule has 2 N–H and O–H groups in total. The molecule has 0 fully saturated rings. The van der Waals surface area contributed by atoms with Crippen LogP contribution in [0.25, 0.3) is 10.2 Å². The number of aryl methyl sites for hydroxylation is 1. The van der Waals surface area contributed by atoms with E-state index in [1.54, 1.807) is 17.5 Å². The summed E-state index contributed by atoms with van der Waals surface area (Å²) in [6.07, 6.45) is 1.80. The van der Waals surface area contributed by atoms with Crippen LogP contribution in [0.1, 0.15) is 23.5 Å². The molecule has 0 saturated carbocycles. The summed E-state index contributed by atoms with van der Waals surface area (Å²) in [5.74, 6) is 1.46. The number of aromatic nitrogens is 3. The number of hydrogen-bond donors (Lipinski definition) is 2. The second kappa shape index (κ2) is 5.65. The van der Waals surface area contributed by atoms with Gasteiger partial charge in [-0.1, -0.05) is 6.07 Å². The van der Waals surface area contributed by atoms with Crippen molar-refractivity contribution in [2.75, 3.05) is 17.7 Å².